The van der Waals surface area contributed by atoms with Gasteiger partial charge in [0.05, 0.1) is 17.7 Å². The Morgan fingerprint density at radius 3 is 2.33 bits per heavy atom. The summed E-state index contributed by atoms with van der Waals surface area (Å²) >= 11 is 0. The molecule has 0 saturated carbocycles. The summed E-state index contributed by atoms with van der Waals surface area (Å²) in [5.74, 6) is 0.915. The molecule has 5 nitrogen and oxygen atoms in total. The van der Waals surface area contributed by atoms with Gasteiger partial charge >= 0.3 is 0 Å². The Kier molecular flexibility index (Phi) is 4.87. The Morgan fingerprint density at radius 2 is 1.79 bits per heavy atom. The van der Waals surface area contributed by atoms with Crippen LogP contribution in [0.5, 0.6) is 11.5 Å². The van der Waals surface area contributed by atoms with Gasteiger partial charge in [-0.1, -0.05) is 0 Å². The molecule has 0 saturated heterocycles. The second kappa shape index (κ2) is 6.85. The third kappa shape index (κ3) is 4.12. The van der Waals surface area contributed by atoms with Crippen molar-refractivity contribution in [2.24, 2.45) is 0 Å². The SMILES string of the molecule is Cc1cc(C#N)ccc1Oc1ccc(C(=O)NC(C)(C)C#N)cc1. The Hall–Kier alpha value is -3.31. The summed E-state index contributed by atoms with van der Waals surface area (Å²) in [4.78, 5) is 12.1. The number of ether oxygens (including phenoxy) is 1. The number of benzene rings is 2. The van der Waals surface area contributed by atoms with E-state index >= 15 is 0 Å². The fourth-order valence-electron chi connectivity index (χ4n) is 2.02. The maximum atomic E-state index is 12.1. The molecule has 2 rings (SSSR count). The van der Waals surface area contributed by atoms with Gasteiger partial charge in [0.1, 0.15) is 17.0 Å². The summed E-state index contributed by atoms with van der Waals surface area (Å²) in [6.07, 6.45) is 0. The molecule has 0 radical (unpaired) electrons. The Labute approximate surface area is 141 Å². The summed E-state index contributed by atoms with van der Waals surface area (Å²) in [6, 6.07) is 15.9. The summed E-state index contributed by atoms with van der Waals surface area (Å²) in [7, 11) is 0. The van der Waals surface area contributed by atoms with Crippen LogP contribution in [0.3, 0.4) is 0 Å². The topological polar surface area (TPSA) is 85.9 Å². The number of hydrogen-bond acceptors (Lipinski definition) is 4. The Morgan fingerprint density at radius 1 is 1.12 bits per heavy atom. The van der Waals surface area contributed by atoms with Crippen molar-refractivity contribution in [1.29, 1.82) is 10.5 Å². The first-order chi connectivity index (χ1) is 11.3. The maximum absolute atomic E-state index is 12.1. The predicted octanol–water partition coefficient (Wildman–Crippen LogP) is 3.69. The molecule has 1 N–H and O–H groups in total. The largest absolute Gasteiger partial charge is 0.457 e. The molecule has 2 aromatic carbocycles. The van der Waals surface area contributed by atoms with E-state index in [9.17, 15) is 4.79 Å². The number of aryl methyl sites for hydroxylation is 1. The van der Waals surface area contributed by atoms with Crippen molar-refractivity contribution in [3.05, 3.63) is 59.2 Å². The lowest BCUT2D eigenvalue weighted by Gasteiger charge is -2.17. The first kappa shape index (κ1) is 17.1. The fourth-order valence-corrected chi connectivity index (χ4v) is 2.02. The highest BCUT2D eigenvalue weighted by molar-refractivity contribution is 5.95. The number of carbonyl (C=O) groups is 1. The minimum Gasteiger partial charge on any atom is -0.457 e. The van der Waals surface area contributed by atoms with Gasteiger partial charge in [-0.2, -0.15) is 10.5 Å². The van der Waals surface area contributed by atoms with E-state index in [1.807, 2.05) is 13.0 Å². The summed E-state index contributed by atoms with van der Waals surface area (Å²) in [5, 5.41) is 20.5. The van der Waals surface area contributed by atoms with Gasteiger partial charge in [-0.25, -0.2) is 0 Å². The second-order valence-electron chi connectivity index (χ2n) is 5.91. The standard InChI is InChI=1S/C19H17N3O2/c1-13-10-14(11-20)4-9-17(13)24-16-7-5-15(6-8-16)18(23)22-19(2,3)12-21/h4-10H,1-3H3,(H,22,23). The van der Waals surface area contributed by atoms with E-state index in [0.29, 0.717) is 22.6 Å². The highest BCUT2D eigenvalue weighted by Gasteiger charge is 2.20. The summed E-state index contributed by atoms with van der Waals surface area (Å²) < 4.78 is 5.77. The Balaban J connectivity index is 2.12. The van der Waals surface area contributed by atoms with E-state index in [1.54, 1.807) is 56.3 Å². The van der Waals surface area contributed by atoms with E-state index in [-0.39, 0.29) is 5.91 Å². The van der Waals surface area contributed by atoms with Gasteiger partial charge in [-0.05, 0) is 68.8 Å². The van der Waals surface area contributed by atoms with Crippen LogP contribution in [0.1, 0.15) is 35.3 Å². The van der Waals surface area contributed by atoms with Crippen LogP contribution in [0.4, 0.5) is 0 Å². The van der Waals surface area contributed by atoms with Crippen molar-refractivity contribution in [2.45, 2.75) is 26.3 Å². The fraction of sp³-hybridized carbons (Fsp3) is 0.211. The van der Waals surface area contributed by atoms with Gasteiger partial charge in [0.15, 0.2) is 0 Å². The van der Waals surface area contributed by atoms with Crippen molar-refractivity contribution in [3.63, 3.8) is 0 Å². The third-order valence-electron chi connectivity index (χ3n) is 3.35. The first-order valence-electron chi connectivity index (χ1n) is 7.37. The highest BCUT2D eigenvalue weighted by atomic mass is 16.5. The number of hydrogen-bond donors (Lipinski definition) is 1. The molecule has 2 aromatic rings. The molecule has 120 valence electrons. The molecule has 0 aliphatic carbocycles. The molecule has 0 aliphatic rings. The lowest BCUT2D eigenvalue weighted by molar-refractivity contribution is 0.0929. The van der Waals surface area contributed by atoms with Crippen molar-refractivity contribution in [1.82, 2.24) is 5.32 Å². The molecule has 1 amide bonds. The van der Waals surface area contributed by atoms with Crippen LogP contribution in [0.2, 0.25) is 0 Å². The molecular weight excluding hydrogens is 302 g/mol. The van der Waals surface area contributed by atoms with Gasteiger partial charge in [0, 0.05) is 5.56 Å². The number of nitrogens with one attached hydrogen (secondary N) is 1. The van der Waals surface area contributed by atoms with Gasteiger partial charge in [-0.15, -0.1) is 0 Å². The second-order valence-corrected chi connectivity index (χ2v) is 5.91. The van der Waals surface area contributed by atoms with Crippen molar-refractivity contribution in [2.75, 3.05) is 0 Å². The average molecular weight is 319 g/mol. The zero-order chi connectivity index (χ0) is 17.7. The maximum Gasteiger partial charge on any atom is 0.252 e. The lowest BCUT2D eigenvalue weighted by atomic mass is 10.1. The van der Waals surface area contributed by atoms with E-state index in [4.69, 9.17) is 15.3 Å². The molecule has 0 unspecified atom stereocenters. The lowest BCUT2D eigenvalue weighted by Crippen LogP contribution is -2.42. The normalized spacial score (nSPS) is 10.4. The van der Waals surface area contributed by atoms with Crippen LogP contribution in [0.15, 0.2) is 42.5 Å². The van der Waals surface area contributed by atoms with Crippen molar-refractivity contribution < 1.29 is 9.53 Å². The molecule has 24 heavy (non-hydrogen) atoms. The van der Waals surface area contributed by atoms with Crippen LogP contribution in [-0.4, -0.2) is 11.4 Å². The van der Waals surface area contributed by atoms with Gasteiger partial charge < -0.3 is 10.1 Å². The molecule has 0 aromatic heterocycles. The van der Waals surface area contributed by atoms with E-state index < -0.39 is 5.54 Å². The predicted molar refractivity (Wildman–Crippen MR) is 89.6 cm³/mol. The number of nitriles is 2. The zero-order valence-corrected chi connectivity index (χ0v) is 13.8. The number of amides is 1. The average Bonchev–Trinajstić information content (AvgIpc) is 2.57. The Bertz CT molecular complexity index is 840. The molecule has 0 atom stereocenters. The molecule has 0 aliphatic heterocycles. The van der Waals surface area contributed by atoms with Gasteiger partial charge in [0.25, 0.3) is 5.91 Å². The van der Waals surface area contributed by atoms with Crippen LogP contribution >= 0.6 is 0 Å². The van der Waals surface area contributed by atoms with Crippen LogP contribution in [0.25, 0.3) is 0 Å². The molecule has 0 heterocycles. The third-order valence-corrected chi connectivity index (χ3v) is 3.35. The monoisotopic (exact) mass is 319 g/mol. The summed E-state index contributed by atoms with van der Waals surface area (Å²) in [6.45, 7) is 5.13. The van der Waals surface area contributed by atoms with E-state index in [2.05, 4.69) is 11.4 Å². The number of rotatable bonds is 4. The van der Waals surface area contributed by atoms with E-state index in [1.165, 1.54) is 0 Å². The summed E-state index contributed by atoms with van der Waals surface area (Å²) in [5.41, 5.74) is 0.951. The van der Waals surface area contributed by atoms with Crippen LogP contribution in [0, 0.1) is 29.6 Å². The number of nitrogens with zero attached hydrogens (tertiary/aromatic N) is 2. The minimum atomic E-state index is -0.925. The van der Waals surface area contributed by atoms with Gasteiger partial charge in [0.2, 0.25) is 0 Å². The quantitative estimate of drug-likeness (QED) is 0.931. The van der Waals surface area contributed by atoms with Gasteiger partial charge in [-0.3, -0.25) is 4.79 Å². The van der Waals surface area contributed by atoms with Crippen LogP contribution < -0.4 is 10.1 Å². The van der Waals surface area contributed by atoms with Crippen molar-refractivity contribution in [3.8, 4) is 23.6 Å². The molecular formula is C19H17N3O2. The molecule has 0 fully saturated rings. The first-order valence-corrected chi connectivity index (χ1v) is 7.37. The smallest absolute Gasteiger partial charge is 0.252 e. The molecule has 0 spiro atoms. The number of carbonyl (C=O) groups excluding carboxylic acids is 1. The molecule has 5 heteroatoms. The highest BCUT2D eigenvalue weighted by Crippen LogP contribution is 2.26. The zero-order valence-electron chi connectivity index (χ0n) is 13.8. The van der Waals surface area contributed by atoms with Crippen LogP contribution in [-0.2, 0) is 0 Å². The van der Waals surface area contributed by atoms with Crippen molar-refractivity contribution >= 4 is 5.91 Å². The van der Waals surface area contributed by atoms with E-state index in [0.717, 1.165) is 5.56 Å². The molecule has 0 bridgehead atoms. The minimum absolute atomic E-state index is 0.317.